The summed E-state index contributed by atoms with van der Waals surface area (Å²) in [7, 11) is -27.8. The molecule has 2 unspecified atom stereocenters. The highest BCUT2D eigenvalue weighted by Crippen LogP contribution is 2.57. The minimum absolute atomic E-state index is 0.0503. The van der Waals surface area contributed by atoms with E-state index in [9.17, 15) is 107 Å². The van der Waals surface area contributed by atoms with Gasteiger partial charge in [-0.15, -0.1) is 22.7 Å². The Morgan fingerprint density at radius 1 is 0.477 bits per heavy atom. The lowest BCUT2D eigenvalue weighted by Gasteiger charge is -2.30. The van der Waals surface area contributed by atoms with Gasteiger partial charge in [-0.1, -0.05) is 18.9 Å². The second-order valence-corrected chi connectivity index (χ2v) is 37.8. The summed E-state index contributed by atoms with van der Waals surface area (Å²) >= 11 is 2.39. The maximum absolute atomic E-state index is 14.1. The number of unbranched alkanes of at least 4 members (excludes halogenated alkanes) is 4. The van der Waals surface area contributed by atoms with E-state index in [1.165, 1.54) is 46.9 Å². The largest absolute Gasteiger partial charge is 0.481 e. The van der Waals surface area contributed by atoms with Crippen molar-refractivity contribution in [3.05, 3.63) is 117 Å². The number of carbonyl (C=O) groups excluding carboxylic acids is 4. The Balaban J connectivity index is 1.35. The van der Waals surface area contributed by atoms with Crippen LogP contribution in [0.3, 0.4) is 0 Å². The quantitative estimate of drug-likeness (QED) is 0.0108. The summed E-state index contributed by atoms with van der Waals surface area (Å²) in [4.78, 5) is 88.7. The smallest absolute Gasteiger partial charge is 0.303 e. The highest BCUT2D eigenvalue weighted by molar-refractivity contribution is 7.87. The molecular formula is C67H83N8O26S8+. The summed E-state index contributed by atoms with van der Waals surface area (Å²) in [6.45, 7) is 2.04. The minimum Gasteiger partial charge on any atom is -0.481 e. The van der Waals surface area contributed by atoms with Gasteiger partial charge in [0.05, 0.1) is 51.0 Å². The van der Waals surface area contributed by atoms with Crippen LogP contribution in [0.15, 0.2) is 83.2 Å². The molecule has 2 atom stereocenters. The summed E-state index contributed by atoms with van der Waals surface area (Å²) in [5.74, 6) is -10.4. The first-order valence-electron chi connectivity index (χ1n) is 34.1. The Bertz CT molecular complexity index is 5350. The monoisotopic (exact) mass is 1670 g/mol. The van der Waals surface area contributed by atoms with Crippen LogP contribution in [0, 0.1) is 0 Å². The molecule has 2 aliphatic heterocycles. The molecule has 594 valence electrons. The van der Waals surface area contributed by atoms with Crippen LogP contribution in [0.2, 0.25) is 0 Å². The van der Waals surface area contributed by atoms with Crippen LogP contribution in [0.5, 0.6) is 0 Å². The molecule has 4 amide bonds. The van der Waals surface area contributed by atoms with E-state index in [4.69, 9.17) is 10.2 Å². The van der Waals surface area contributed by atoms with Gasteiger partial charge in [-0.05, 0) is 154 Å². The van der Waals surface area contributed by atoms with Gasteiger partial charge in [0.1, 0.15) is 29.3 Å². The van der Waals surface area contributed by atoms with Crippen molar-refractivity contribution in [1.82, 2.24) is 31.2 Å². The number of aromatic nitrogens is 2. The van der Waals surface area contributed by atoms with Crippen LogP contribution in [0.1, 0.15) is 157 Å². The number of hydrogen-bond acceptors (Lipinski definition) is 23. The van der Waals surface area contributed by atoms with Crippen molar-refractivity contribution in [3.8, 4) is 22.3 Å². The molecule has 2 aliphatic rings. The first-order chi connectivity index (χ1) is 50.8. The number of allylic oxidation sites excluding steroid dienone is 4. The fourth-order valence-electron chi connectivity index (χ4n) is 13.4. The Morgan fingerprint density at radius 3 is 1.31 bits per heavy atom. The molecule has 2 aromatic carbocycles. The van der Waals surface area contributed by atoms with E-state index < -0.39 is 166 Å². The van der Waals surface area contributed by atoms with E-state index in [0.717, 1.165) is 0 Å². The molecule has 0 aliphatic carbocycles. The summed E-state index contributed by atoms with van der Waals surface area (Å²) in [5.41, 5.74) is -0.775. The average molecular weight is 1670 g/mol. The molecule has 8 rings (SSSR count). The van der Waals surface area contributed by atoms with Crippen LogP contribution in [-0.4, -0.2) is 218 Å². The van der Waals surface area contributed by atoms with Gasteiger partial charge in [0, 0.05) is 101 Å². The molecule has 0 spiro atoms. The number of amides is 4. The fourth-order valence-corrected chi connectivity index (χ4v) is 18.0. The van der Waals surface area contributed by atoms with Crippen molar-refractivity contribution in [3.63, 3.8) is 0 Å². The van der Waals surface area contributed by atoms with E-state index in [0.29, 0.717) is 104 Å². The summed E-state index contributed by atoms with van der Waals surface area (Å²) < 4.78 is 210. The van der Waals surface area contributed by atoms with Gasteiger partial charge in [-0.2, -0.15) is 55.1 Å². The highest BCUT2D eigenvalue weighted by Gasteiger charge is 2.50. The van der Waals surface area contributed by atoms with Crippen molar-refractivity contribution < 1.29 is 121 Å². The minimum atomic E-state index is -4.67. The molecule has 12 N–H and O–H groups in total. The first-order valence-corrected chi connectivity index (χ1v) is 45.5. The number of carboxylic acids is 2. The molecule has 42 heteroatoms. The number of pyridine rings is 2. The molecule has 4 aromatic heterocycles. The van der Waals surface area contributed by atoms with E-state index in [1.54, 1.807) is 76.6 Å². The number of aliphatic carboxylic acids is 2. The van der Waals surface area contributed by atoms with Crippen LogP contribution >= 0.6 is 22.7 Å². The molecule has 34 nitrogen and oxygen atoms in total. The van der Waals surface area contributed by atoms with Gasteiger partial charge in [0.2, 0.25) is 5.69 Å². The molecule has 109 heavy (non-hydrogen) atoms. The summed E-state index contributed by atoms with van der Waals surface area (Å²) in [6.07, 6.45) is 5.58. The van der Waals surface area contributed by atoms with Crippen molar-refractivity contribution in [2.45, 2.75) is 115 Å². The van der Waals surface area contributed by atoms with Gasteiger partial charge in [0.15, 0.2) is 5.71 Å². The highest BCUT2D eigenvalue weighted by atomic mass is 32.2. The number of nitrogens with one attached hydrogen (secondary N) is 4. The zero-order valence-electron chi connectivity index (χ0n) is 58.9. The first kappa shape index (κ1) is 86.5. The summed E-state index contributed by atoms with van der Waals surface area (Å²) in [6, 6.07) is 12.3. The van der Waals surface area contributed by atoms with E-state index in [-0.39, 0.29) is 100 Å². The van der Waals surface area contributed by atoms with Crippen molar-refractivity contribution in [2.75, 3.05) is 78.7 Å². The molecule has 0 bridgehead atoms. The van der Waals surface area contributed by atoms with Gasteiger partial charge in [-0.25, -0.2) is 9.97 Å². The van der Waals surface area contributed by atoms with Crippen molar-refractivity contribution >= 4 is 156 Å². The number of thiophene rings is 2. The Kier molecular flexibility index (Phi) is 28.5. The number of anilines is 1. The third-order valence-corrected chi connectivity index (χ3v) is 24.8. The predicted molar refractivity (Wildman–Crippen MR) is 407 cm³/mol. The average Bonchev–Trinajstić information content (AvgIpc) is 1.56. The van der Waals surface area contributed by atoms with Crippen LogP contribution in [0.25, 0.3) is 42.4 Å². The van der Waals surface area contributed by atoms with Crippen LogP contribution in [-0.2, 0) is 81.1 Å². The van der Waals surface area contributed by atoms with Gasteiger partial charge >= 0.3 is 11.9 Å². The van der Waals surface area contributed by atoms with E-state index >= 15 is 0 Å². The fraction of sp³-hybridized carbons (Fsp3) is 0.448. The summed E-state index contributed by atoms with van der Waals surface area (Å²) in [5, 5.41) is 32.8. The number of benzene rings is 2. The lowest BCUT2D eigenvalue weighted by molar-refractivity contribution is -0.435. The van der Waals surface area contributed by atoms with Gasteiger partial charge < -0.3 is 36.4 Å². The second kappa shape index (κ2) is 35.9. The van der Waals surface area contributed by atoms with Gasteiger partial charge in [0.25, 0.3) is 84.3 Å². The number of hydrogen-bond donors (Lipinski definition) is 12. The molecule has 0 fully saturated rings. The molecule has 6 aromatic rings. The van der Waals surface area contributed by atoms with Gasteiger partial charge in [-0.3, -0.25) is 56.1 Å². The maximum Gasteiger partial charge on any atom is 0.303 e. The number of fused-ring (bicyclic) bond motifs is 6. The molecule has 0 saturated carbocycles. The number of rotatable bonds is 42. The lowest BCUT2D eigenvalue weighted by atomic mass is 9.74. The SMILES string of the molecule is CC1(CCCS(=O)(=O)O)C(/C=C/C=C2/N(CCCS(=O)(=O)O)c3c(cc(-c4cc(C(=O)NCCCCCC(=O)O)nc(C(=O)NCCS(=O)(=O)O)c4)c4sccc34)C2(C)CCCS(=O)(=O)O)=[N+](CCCS(=O)(=O)O)c2c1cc(-c1cc(C(=O)NCCCCCC(=O)O)nc(C(=O)NCCS(=O)(=O)O)c1)c1sccc21. The van der Waals surface area contributed by atoms with E-state index in [1.807, 2.05) is 0 Å². The van der Waals surface area contributed by atoms with Crippen LogP contribution < -0.4 is 26.2 Å². The molecule has 0 radical (unpaired) electrons. The lowest BCUT2D eigenvalue weighted by Crippen LogP contribution is -2.32. The predicted octanol–water partition coefficient (Wildman–Crippen LogP) is 6.69. The molecule has 0 saturated heterocycles. The second-order valence-electron chi connectivity index (χ2n) is 26.5. The Morgan fingerprint density at radius 2 is 0.872 bits per heavy atom. The number of carbonyl (C=O) groups is 6. The third kappa shape index (κ3) is 24.0. The maximum atomic E-state index is 14.1. The third-order valence-electron chi connectivity index (χ3n) is 18.3. The van der Waals surface area contributed by atoms with Crippen LogP contribution in [0.4, 0.5) is 11.4 Å². The normalized spacial score (nSPS) is 16.7. The zero-order chi connectivity index (χ0) is 80.2. The Labute approximate surface area is 637 Å². The number of carboxylic acid groups (broad SMARTS) is 2. The standard InChI is InChI=1S/C67H82N8O26S8/c1-66(20-10-30-104(84,85)86)48-40-46(42-36-50(62(80)68-22-7-3-5-16-56(76)77)72-52(38-42)64(82)70-24-34-108(96,97)98)60-44(18-28-102-60)58(48)74(26-12-32-106(90,91)92)54(66)14-9-15-55-67(2,21-11-31-105(87,88)89)49-41-47(61-45(19-29-103-61)59(49)75(55)27-13-33-107(93,94)95)43-37-51(63(81)69-23-8-4-6-17-57(78)79)73-53(39-43)65(83)71-25-35-109(99,100)101/h9,14-15,18-19,28-29,36-41H,3-8,10-13,16-17,20-27,30-35H2,1-2H3,(H11-,68,69,70,71,76,77,78,79,80,81,82,83,84,85,86,87,88,89,90,91,92,93,94,95,96,97,98,99,100,101)/p+1. The molecule has 6 heterocycles. The molecular weight excluding hydrogens is 1590 g/mol. The zero-order valence-corrected chi connectivity index (χ0v) is 65.4. The number of nitrogens with zero attached hydrogens (tertiary/aromatic N) is 4. The van der Waals surface area contributed by atoms with E-state index in [2.05, 4.69) is 31.2 Å². The van der Waals surface area contributed by atoms with Crippen molar-refractivity contribution in [2.24, 2.45) is 0 Å². The topological polar surface area (TPSA) is 549 Å². The van der Waals surface area contributed by atoms with Crippen molar-refractivity contribution in [1.29, 1.82) is 0 Å². The Hall–Kier alpha value is -8.11.